The van der Waals surface area contributed by atoms with Gasteiger partial charge in [0.15, 0.2) is 0 Å². The van der Waals surface area contributed by atoms with Gasteiger partial charge in [-0.3, -0.25) is 0 Å². The van der Waals surface area contributed by atoms with E-state index in [1.807, 2.05) is 54.6 Å². The molecule has 0 saturated heterocycles. The monoisotopic (exact) mass is 525 g/mol. The number of benzene rings is 5. The Bertz CT molecular complexity index is 1360. The molecule has 0 unspecified atom stereocenters. The molecule has 5 aromatic carbocycles. The van der Waals surface area contributed by atoms with Crippen LogP contribution in [-0.4, -0.2) is 5.11 Å². The van der Waals surface area contributed by atoms with Crippen LogP contribution in [0.3, 0.4) is 0 Å². The van der Waals surface area contributed by atoms with Gasteiger partial charge in [0.2, 0.25) is 0 Å². The summed E-state index contributed by atoms with van der Waals surface area (Å²) < 4.78 is 0.958. The van der Waals surface area contributed by atoms with Crippen LogP contribution in [-0.2, 0) is 0 Å². The average Bonchev–Trinajstić information content (AvgIpc) is 2.85. The summed E-state index contributed by atoms with van der Waals surface area (Å²) in [4.78, 5) is 2.15. The predicted octanol–water partition coefficient (Wildman–Crippen LogP) is 9.61. The van der Waals surface area contributed by atoms with E-state index in [1.165, 1.54) is 0 Å². The number of hydrogen-bond acceptors (Lipinski definition) is 2. The maximum Gasteiger partial charge on any atom is 0.119 e. The second-order valence-corrected chi connectivity index (χ2v) is 9.27. The minimum Gasteiger partial charge on any atom is -0.508 e. The number of para-hydroxylation sites is 1. The van der Waals surface area contributed by atoms with Crippen LogP contribution in [0.4, 0.5) is 17.1 Å². The molecule has 1 N–H and O–H groups in total. The summed E-state index contributed by atoms with van der Waals surface area (Å²) in [6.07, 6.45) is 0. The van der Waals surface area contributed by atoms with E-state index in [9.17, 15) is 5.11 Å². The van der Waals surface area contributed by atoms with Gasteiger partial charge in [0.05, 0.1) is 11.4 Å². The summed E-state index contributed by atoms with van der Waals surface area (Å²) in [5, 5.41) is 10.9. The number of anilines is 3. The summed E-state index contributed by atoms with van der Waals surface area (Å²) in [6.45, 7) is 0. The van der Waals surface area contributed by atoms with Crippen molar-refractivity contribution in [3.8, 4) is 28.0 Å². The van der Waals surface area contributed by atoms with Crippen molar-refractivity contribution >= 4 is 44.6 Å². The third-order valence-corrected chi connectivity index (χ3v) is 6.33. The van der Waals surface area contributed by atoms with Crippen LogP contribution in [0.2, 0.25) is 5.02 Å². The Morgan fingerprint density at radius 1 is 0.588 bits per heavy atom. The van der Waals surface area contributed by atoms with Gasteiger partial charge in [0.1, 0.15) is 5.75 Å². The number of phenolic OH excluding ortho intramolecular Hbond substituents is 1. The molecule has 0 atom stereocenters. The highest BCUT2D eigenvalue weighted by atomic mass is 79.9. The van der Waals surface area contributed by atoms with Crippen molar-refractivity contribution in [2.45, 2.75) is 0 Å². The molecular weight excluding hydrogens is 506 g/mol. The maximum absolute atomic E-state index is 10.4. The van der Waals surface area contributed by atoms with E-state index in [0.29, 0.717) is 5.02 Å². The molecule has 4 heteroatoms. The molecular formula is C30H21BrClNO. The van der Waals surface area contributed by atoms with Gasteiger partial charge in [0, 0.05) is 32.4 Å². The number of nitrogens with zero attached hydrogens (tertiary/aromatic N) is 1. The molecule has 0 saturated carbocycles. The summed E-state index contributed by atoms with van der Waals surface area (Å²) in [5.74, 6) is 0.112. The fraction of sp³-hybridized carbons (Fsp3) is 0. The van der Waals surface area contributed by atoms with Gasteiger partial charge in [0.25, 0.3) is 0 Å². The lowest BCUT2D eigenvalue weighted by molar-refractivity contribution is 0.475. The van der Waals surface area contributed by atoms with Crippen molar-refractivity contribution in [2.75, 3.05) is 4.90 Å². The molecule has 2 nitrogen and oxygen atoms in total. The molecule has 0 aliphatic rings. The van der Waals surface area contributed by atoms with Gasteiger partial charge in [-0.05, 0) is 41.5 Å². The summed E-state index contributed by atoms with van der Waals surface area (Å²) in [5.41, 5.74) is 7.05. The van der Waals surface area contributed by atoms with E-state index in [0.717, 1.165) is 43.8 Å². The highest BCUT2D eigenvalue weighted by Gasteiger charge is 2.22. The number of hydrogen-bond donors (Lipinski definition) is 1. The third kappa shape index (κ3) is 4.58. The smallest absolute Gasteiger partial charge is 0.119 e. The highest BCUT2D eigenvalue weighted by Crippen LogP contribution is 2.47. The van der Waals surface area contributed by atoms with E-state index >= 15 is 0 Å². The Kier molecular flexibility index (Phi) is 6.39. The number of rotatable bonds is 5. The molecule has 0 radical (unpaired) electrons. The molecule has 0 bridgehead atoms. The molecule has 34 heavy (non-hydrogen) atoms. The zero-order chi connectivity index (χ0) is 23.5. The summed E-state index contributed by atoms with van der Waals surface area (Å²) >= 11 is 10.0. The minimum absolute atomic E-state index is 0.112. The molecule has 5 rings (SSSR count). The predicted molar refractivity (Wildman–Crippen MR) is 146 cm³/mol. The Morgan fingerprint density at radius 2 is 1.18 bits per heavy atom. The van der Waals surface area contributed by atoms with E-state index in [1.54, 1.807) is 12.1 Å². The lowest BCUT2D eigenvalue weighted by atomic mass is 9.94. The second kappa shape index (κ2) is 9.76. The fourth-order valence-corrected chi connectivity index (χ4v) is 4.81. The van der Waals surface area contributed by atoms with Crippen LogP contribution in [0, 0.1) is 0 Å². The van der Waals surface area contributed by atoms with Gasteiger partial charge in [-0.15, -0.1) is 0 Å². The van der Waals surface area contributed by atoms with Crippen LogP contribution in [0.25, 0.3) is 22.3 Å². The molecule has 0 heterocycles. The molecule has 5 aromatic rings. The van der Waals surface area contributed by atoms with Crippen molar-refractivity contribution < 1.29 is 5.11 Å². The summed E-state index contributed by atoms with van der Waals surface area (Å²) in [7, 11) is 0. The lowest BCUT2D eigenvalue weighted by Gasteiger charge is -2.30. The van der Waals surface area contributed by atoms with Crippen LogP contribution in [0.15, 0.2) is 126 Å². The molecule has 0 aromatic heterocycles. The SMILES string of the molecule is Oc1cc(Cl)cc(N(c2cccc(Br)c2)c2c(-c3ccccc3)cccc2-c2ccccc2)c1. The van der Waals surface area contributed by atoms with Crippen molar-refractivity contribution in [1.29, 1.82) is 0 Å². The van der Waals surface area contributed by atoms with Crippen molar-refractivity contribution in [1.82, 2.24) is 0 Å². The molecule has 0 amide bonds. The largest absolute Gasteiger partial charge is 0.508 e. The Morgan fingerprint density at radius 3 is 1.74 bits per heavy atom. The Balaban J connectivity index is 1.88. The van der Waals surface area contributed by atoms with Crippen LogP contribution >= 0.6 is 27.5 Å². The quantitative estimate of drug-likeness (QED) is 0.246. The number of aromatic hydroxyl groups is 1. The van der Waals surface area contributed by atoms with Gasteiger partial charge < -0.3 is 10.0 Å². The van der Waals surface area contributed by atoms with E-state index < -0.39 is 0 Å². The topological polar surface area (TPSA) is 23.5 Å². The van der Waals surface area contributed by atoms with Gasteiger partial charge in [-0.2, -0.15) is 0 Å². The van der Waals surface area contributed by atoms with Gasteiger partial charge in [-0.25, -0.2) is 0 Å². The summed E-state index contributed by atoms with van der Waals surface area (Å²) in [6, 6.07) is 40.3. The van der Waals surface area contributed by atoms with Gasteiger partial charge >= 0.3 is 0 Å². The lowest BCUT2D eigenvalue weighted by Crippen LogP contribution is -2.12. The van der Waals surface area contributed by atoms with E-state index in [2.05, 4.69) is 75.4 Å². The molecule has 0 fully saturated rings. The fourth-order valence-electron chi connectivity index (χ4n) is 4.20. The Labute approximate surface area is 212 Å². The molecule has 0 spiro atoms. The zero-order valence-corrected chi connectivity index (χ0v) is 20.5. The first kappa shape index (κ1) is 22.3. The first-order valence-corrected chi connectivity index (χ1v) is 12.1. The number of halogens is 2. The van der Waals surface area contributed by atoms with Gasteiger partial charge in [-0.1, -0.05) is 112 Å². The normalized spacial score (nSPS) is 10.8. The standard InChI is InChI=1S/C30H21BrClNO/c31-23-13-7-14-25(17-23)33(26-18-24(32)19-27(34)20-26)30-28(21-9-3-1-4-10-21)15-8-16-29(30)22-11-5-2-6-12-22/h1-20,34H. The zero-order valence-electron chi connectivity index (χ0n) is 18.2. The van der Waals surface area contributed by atoms with Crippen molar-refractivity contribution in [3.63, 3.8) is 0 Å². The second-order valence-electron chi connectivity index (χ2n) is 7.92. The number of phenols is 1. The molecule has 0 aliphatic heterocycles. The highest BCUT2D eigenvalue weighted by molar-refractivity contribution is 9.10. The van der Waals surface area contributed by atoms with Crippen LogP contribution < -0.4 is 4.90 Å². The van der Waals surface area contributed by atoms with Crippen LogP contribution in [0.1, 0.15) is 0 Å². The maximum atomic E-state index is 10.4. The first-order valence-electron chi connectivity index (χ1n) is 10.9. The van der Waals surface area contributed by atoms with Crippen molar-refractivity contribution in [3.05, 3.63) is 131 Å². The molecule has 166 valence electrons. The van der Waals surface area contributed by atoms with Crippen LogP contribution in [0.5, 0.6) is 5.75 Å². The Hall–Kier alpha value is -3.53. The average molecular weight is 527 g/mol. The van der Waals surface area contributed by atoms with E-state index in [4.69, 9.17) is 11.6 Å². The minimum atomic E-state index is 0.112. The third-order valence-electron chi connectivity index (χ3n) is 5.62. The van der Waals surface area contributed by atoms with Crippen molar-refractivity contribution in [2.24, 2.45) is 0 Å². The first-order chi connectivity index (χ1) is 16.6. The molecule has 0 aliphatic carbocycles. The van der Waals surface area contributed by atoms with E-state index in [-0.39, 0.29) is 5.75 Å².